The molecular formula is C16H15N7O6S4. The number of hydrogen-bond donors (Lipinski definition) is 6. The SMILES string of the molecule is N=c1[nH]c(/C(=N/O)C(=O)NC2C(=O)N3C(C(=O)O)=C(CSc4nnc(CO)s4)CS[C@H]23)cs1. The first-order valence-electron chi connectivity index (χ1n) is 9.05. The summed E-state index contributed by atoms with van der Waals surface area (Å²) in [5, 5.41) is 50.0. The minimum atomic E-state index is -1.25. The molecule has 4 rings (SSSR count). The predicted molar refractivity (Wildman–Crippen MR) is 119 cm³/mol. The lowest BCUT2D eigenvalue weighted by Crippen LogP contribution is -2.71. The van der Waals surface area contributed by atoms with Crippen molar-refractivity contribution in [1.29, 1.82) is 5.41 Å². The molecule has 6 N–H and O–H groups in total. The molecule has 33 heavy (non-hydrogen) atoms. The summed E-state index contributed by atoms with van der Waals surface area (Å²) in [7, 11) is 0. The van der Waals surface area contributed by atoms with Gasteiger partial charge >= 0.3 is 5.97 Å². The third-order valence-electron chi connectivity index (χ3n) is 4.60. The van der Waals surface area contributed by atoms with Crippen LogP contribution in [0.15, 0.2) is 26.1 Å². The Morgan fingerprint density at radius 3 is 2.82 bits per heavy atom. The van der Waals surface area contributed by atoms with Crippen LogP contribution < -0.4 is 10.1 Å². The average Bonchev–Trinajstić information content (AvgIpc) is 3.44. The topological polar surface area (TPSA) is 205 Å². The molecule has 1 unspecified atom stereocenters. The molecule has 0 aliphatic carbocycles. The highest BCUT2D eigenvalue weighted by molar-refractivity contribution is 8.01. The molecule has 0 radical (unpaired) electrons. The van der Waals surface area contributed by atoms with Crippen LogP contribution in [0.2, 0.25) is 0 Å². The zero-order valence-electron chi connectivity index (χ0n) is 16.3. The minimum absolute atomic E-state index is 0.0513. The summed E-state index contributed by atoms with van der Waals surface area (Å²) in [6.07, 6.45) is 0. The van der Waals surface area contributed by atoms with Crippen LogP contribution in [0.3, 0.4) is 0 Å². The molecule has 2 aliphatic rings. The van der Waals surface area contributed by atoms with Crippen molar-refractivity contribution in [3.05, 3.63) is 32.2 Å². The number of amides is 2. The maximum Gasteiger partial charge on any atom is 0.352 e. The van der Waals surface area contributed by atoms with Crippen LogP contribution in [0.5, 0.6) is 0 Å². The zero-order chi connectivity index (χ0) is 23.7. The minimum Gasteiger partial charge on any atom is -0.477 e. The first-order valence-corrected chi connectivity index (χ1v) is 12.8. The Balaban J connectivity index is 1.47. The lowest BCUT2D eigenvalue weighted by atomic mass is 10.0. The standard InChI is InChI=1S/C16H15N7O6S4/c17-15-18-6(4-31-15)8(22-29)11(25)19-9-12(26)23-10(14(27)28)5(2-30-13(9)23)3-32-16-21-20-7(1-24)33-16/h4,9,13,24,29H,1-3H2,(H2,17,18)(H,19,25)(H,27,28)/b22-8-/t9?,13-/m1/s1. The second kappa shape index (κ2) is 9.64. The number of carbonyl (C=O) groups excluding carboxylic acids is 2. The summed E-state index contributed by atoms with van der Waals surface area (Å²) < 4.78 is 0.570. The van der Waals surface area contributed by atoms with Gasteiger partial charge in [0.2, 0.25) is 0 Å². The van der Waals surface area contributed by atoms with Crippen molar-refractivity contribution in [1.82, 2.24) is 25.4 Å². The number of β-lactam (4-membered cyclic amide) rings is 1. The number of carboxylic acids is 1. The number of aromatic nitrogens is 3. The molecule has 13 nitrogen and oxygen atoms in total. The Labute approximate surface area is 201 Å². The number of thiazole rings is 1. The number of aliphatic carboxylic acids is 1. The fourth-order valence-electron chi connectivity index (χ4n) is 3.15. The number of thioether (sulfide) groups is 2. The van der Waals surface area contributed by atoms with Crippen LogP contribution in [-0.4, -0.2) is 81.9 Å². The molecule has 1 fully saturated rings. The van der Waals surface area contributed by atoms with Gasteiger partial charge in [-0.15, -0.1) is 33.3 Å². The number of aliphatic hydroxyl groups is 1. The monoisotopic (exact) mass is 529 g/mol. The van der Waals surface area contributed by atoms with Crippen molar-refractivity contribution in [2.24, 2.45) is 5.16 Å². The number of aromatic amines is 1. The predicted octanol–water partition coefficient (Wildman–Crippen LogP) is -0.391. The fourth-order valence-corrected chi connectivity index (χ4v) is 6.96. The number of oxime groups is 1. The summed E-state index contributed by atoms with van der Waals surface area (Å²) in [6, 6.07) is -0.993. The van der Waals surface area contributed by atoms with Crippen molar-refractivity contribution in [3.63, 3.8) is 0 Å². The number of H-pyrrole nitrogens is 1. The highest BCUT2D eigenvalue weighted by Crippen LogP contribution is 2.41. The third kappa shape index (κ3) is 4.54. The van der Waals surface area contributed by atoms with E-state index in [4.69, 9.17) is 10.5 Å². The van der Waals surface area contributed by atoms with Gasteiger partial charge in [-0.25, -0.2) is 4.79 Å². The Morgan fingerprint density at radius 1 is 1.42 bits per heavy atom. The molecule has 2 amide bonds. The maximum absolute atomic E-state index is 12.8. The van der Waals surface area contributed by atoms with E-state index >= 15 is 0 Å². The molecule has 2 aliphatic heterocycles. The normalized spacial score (nSPS) is 20.5. The number of hydrogen-bond acceptors (Lipinski definition) is 13. The molecule has 174 valence electrons. The molecule has 4 heterocycles. The van der Waals surface area contributed by atoms with Crippen LogP contribution >= 0.6 is 46.2 Å². The van der Waals surface area contributed by atoms with Gasteiger partial charge in [-0.3, -0.25) is 19.9 Å². The van der Waals surface area contributed by atoms with E-state index in [2.05, 4.69) is 25.7 Å². The van der Waals surface area contributed by atoms with Crippen molar-refractivity contribution < 1.29 is 29.8 Å². The summed E-state index contributed by atoms with van der Waals surface area (Å²) in [4.78, 5) is 41.0. The largest absolute Gasteiger partial charge is 0.477 e. The number of fused-ring (bicyclic) bond motifs is 1. The van der Waals surface area contributed by atoms with Crippen molar-refractivity contribution in [3.8, 4) is 0 Å². The van der Waals surface area contributed by atoms with Gasteiger partial charge in [0.05, 0.1) is 12.3 Å². The lowest BCUT2D eigenvalue weighted by Gasteiger charge is -2.49. The summed E-state index contributed by atoms with van der Waals surface area (Å²) >= 11 is 4.76. The lowest BCUT2D eigenvalue weighted by molar-refractivity contribution is -0.150. The van der Waals surface area contributed by atoms with E-state index < -0.39 is 29.2 Å². The van der Waals surface area contributed by atoms with E-state index in [0.29, 0.717) is 20.7 Å². The highest BCUT2D eigenvalue weighted by Gasteiger charge is 2.54. The molecule has 0 aromatic carbocycles. The number of aliphatic hydroxyl groups excluding tert-OH is 1. The number of nitrogens with one attached hydrogen (secondary N) is 3. The van der Waals surface area contributed by atoms with Gasteiger partial charge in [-0.05, 0) is 5.57 Å². The molecule has 1 saturated heterocycles. The number of carbonyl (C=O) groups is 3. The van der Waals surface area contributed by atoms with Crippen LogP contribution in [0.1, 0.15) is 10.7 Å². The van der Waals surface area contributed by atoms with E-state index in [1.54, 1.807) is 0 Å². The molecule has 2 atom stereocenters. The second-order valence-corrected chi connectivity index (χ2v) is 10.8. The van der Waals surface area contributed by atoms with Crippen molar-refractivity contribution in [2.45, 2.75) is 22.4 Å². The first kappa shape index (κ1) is 23.4. The van der Waals surface area contributed by atoms with Gasteiger partial charge in [0.25, 0.3) is 11.8 Å². The molecule has 17 heteroatoms. The maximum atomic E-state index is 12.8. The smallest absolute Gasteiger partial charge is 0.352 e. The first-order chi connectivity index (χ1) is 15.8. The van der Waals surface area contributed by atoms with Crippen LogP contribution in [0.25, 0.3) is 0 Å². The van der Waals surface area contributed by atoms with Gasteiger partial charge in [0, 0.05) is 16.9 Å². The number of rotatable bonds is 8. The van der Waals surface area contributed by atoms with Gasteiger partial charge in [0.15, 0.2) is 14.9 Å². The Morgan fingerprint density at radius 2 is 2.21 bits per heavy atom. The second-order valence-electron chi connectivity index (χ2n) is 6.58. The summed E-state index contributed by atoms with van der Waals surface area (Å²) in [6.45, 7) is -0.231. The van der Waals surface area contributed by atoms with E-state index in [0.717, 1.165) is 16.2 Å². The zero-order valence-corrected chi connectivity index (χ0v) is 19.6. The van der Waals surface area contributed by atoms with Gasteiger partial charge in [-0.2, -0.15) is 0 Å². The quantitative estimate of drug-likeness (QED) is 0.0858. The fraction of sp³-hybridized carbons (Fsp3) is 0.312. The van der Waals surface area contributed by atoms with Gasteiger partial charge in [-0.1, -0.05) is 28.3 Å². The van der Waals surface area contributed by atoms with Gasteiger partial charge in [0.1, 0.15) is 22.1 Å². The molecule has 0 bridgehead atoms. The van der Waals surface area contributed by atoms with E-state index in [1.807, 2.05) is 0 Å². The number of nitrogens with zero attached hydrogens (tertiary/aromatic N) is 4. The average molecular weight is 530 g/mol. The summed E-state index contributed by atoms with van der Waals surface area (Å²) in [5.74, 6) is -2.08. The van der Waals surface area contributed by atoms with Crippen LogP contribution in [-0.2, 0) is 21.0 Å². The van der Waals surface area contributed by atoms with Crippen molar-refractivity contribution in [2.75, 3.05) is 11.5 Å². The Hall–Kier alpha value is -2.73. The van der Waals surface area contributed by atoms with E-state index in [9.17, 15) is 24.7 Å². The van der Waals surface area contributed by atoms with Gasteiger partial charge < -0.3 is 25.7 Å². The van der Waals surface area contributed by atoms with Crippen molar-refractivity contribution >= 4 is 69.7 Å². The molecule has 2 aromatic rings. The molecule has 0 saturated carbocycles. The third-order valence-corrected chi connectivity index (χ3v) is 8.76. The van der Waals surface area contributed by atoms with Crippen LogP contribution in [0.4, 0.5) is 0 Å². The van der Waals surface area contributed by atoms with E-state index in [-0.39, 0.29) is 34.3 Å². The Kier molecular flexibility index (Phi) is 6.84. The van der Waals surface area contributed by atoms with E-state index in [1.165, 1.54) is 40.2 Å². The molecule has 2 aromatic heterocycles. The van der Waals surface area contributed by atoms with Crippen LogP contribution in [0, 0.1) is 5.41 Å². The molecular weight excluding hydrogens is 514 g/mol. The molecule has 0 spiro atoms. The highest BCUT2D eigenvalue weighted by atomic mass is 32.2. The summed E-state index contributed by atoms with van der Waals surface area (Å²) in [5.41, 5.74) is 0.134. The number of carboxylic acid groups (broad SMARTS) is 1. The Bertz CT molecular complexity index is 1230.